The maximum absolute atomic E-state index is 10.5. The largest absolute Gasteiger partial charge is 0.293 e. The number of aliphatic imine (C=N–C) groups is 1. The van der Waals surface area contributed by atoms with Gasteiger partial charge in [0.15, 0.2) is 5.78 Å². The van der Waals surface area contributed by atoms with Gasteiger partial charge in [-0.15, -0.1) is 0 Å². The fraction of sp³-hybridized carbons (Fsp3) is 0.222. The molecule has 1 rings (SSSR count). The number of carbonyl (C=O) groups is 1. The topological polar surface area (TPSA) is 42.3 Å². The third kappa shape index (κ3) is 3.05. The molecule has 0 saturated carbocycles. The number of carbonyl (C=O) groups excluding carboxylic acids is 1. The van der Waals surface area contributed by atoms with Crippen LogP contribution >= 0.6 is 0 Å². The standard InChI is InChI=1S/C9H10N2O/c1-8(12)5-11-7-9-3-2-4-10-6-9/h2-6H,7H2,1H3. The van der Waals surface area contributed by atoms with Gasteiger partial charge in [0.05, 0.1) is 12.8 Å². The van der Waals surface area contributed by atoms with Crippen molar-refractivity contribution >= 4 is 12.0 Å². The summed E-state index contributed by atoms with van der Waals surface area (Å²) >= 11 is 0. The molecule has 0 spiro atoms. The highest BCUT2D eigenvalue weighted by atomic mass is 16.1. The molecule has 0 unspecified atom stereocenters. The lowest BCUT2D eigenvalue weighted by molar-refractivity contribution is -0.110. The summed E-state index contributed by atoms with van der Waals surface area (Å²) in [5.41, 5.74) is 1.01. The van der Waals surface area contributed by atoms with Gasteiger partial charge in [-0.25, -0.2) is 0 Å². The Morgan fingerprint density at radius 3 is 3.17 bits per heavy atom. The minimum Gasteiger partial charge on any atom is -0.293 e. The minimum atomic E-state index is -0.0288. The summed E-state index contributed by atoms with van der Waals surface area (Å²) in [7, 11) is 0. The summed E-state index contributed by atoms with van der Waals surface area (Å²) in [5, 5.41) is 0. The van der Waals surface area contributed by atoms with Crippen molar-refractivity contribution in [3.05, 3.63) is 30.1 Å². The molecule has 3 nitrogen and oxygen atoms in total. The third-order valence-corrected chi connectivity index (χ3v) is 1.27. The molecule has 0 aliphatic heterocycles. The highest BCUT2D eigenvalue weighted by molar-refractivity contribution is 6.26. The number of pyridine rings is 1. The van der Waals surface area contributed by atoms with Crippen molar-refractivity contribution in [1.82, 2.24) is 4.98 Å². The quantitative estimate of drug-likeness (QED) is 0.627. The van der Waals surface area contributed by atoms with Gasteiger partial charge in [0.25, 0.3) is 0 Å². The Morgan fingerprint density at radius 2 is 2.58 bits per heavy atom. The van der Waals surface area contributed by atoms with E-state index in [0.29, 0.717) is 6.54 Å². The summed E-state index contributed by atoms with van der Waals surface area (Å²) < 4.78 is 0. The maximum Gasteiger partial charge on any atom is 0.170 e. The zero-order chi connectivity index (χ0) is 8.81. The van der Waals surface area contributed by atoms with E-state index in [1.807, 2.05) is 12.1 Å². The van der Waals surface area contributed by atoms with Crippen LogP contribution in [0.4, 0.5) is 0 Å². The minimum absolute atomic E-state index is 0.0288. The summed E-state index contributed by atoms with van der Waals surface area (Å²) in [6.45, 7) is 2.00. The number of hydrogen-bond acceptors (Lipinski definition) is 3. The monoisotopic (exact) mass is 162 g/mol. The molecule has 0 N–H and O–H groups in total. The third-order valence-electron chi connectivity index (χ3n) is 1.27. The number of rotatable bonds is 3. The normalized spacial score (nSPS) is 10.4. The van der Waals surface area contributed by atoms with Crippen LogP contribution in [-0.2, 0) is 11.3 Å². The first-order chi connectivity index (χ1) is 5.79. The summed E-state index contributed by atoms with van der Waals surface area (Å²) in [5.74, 6) is -0.0288. The second kappa shape index (κ2) is 4.38. The van der Waals surface area contributed by atoms with Gasteiger partial charge < -0.3 is 0 Å². The molecule has 1 aromatic rings. The predicted molar refractivity (Wildman–Crippen MR) is 47.1 cm³/mol. The molecule has 0 aromatic carbocycles. The van der Waals surface area contributed by atoms with Gasteiger partial charge in [-0.05, 0) is 11.6 Å². The molecule has 1 aromatic heterocycles. The number of nitrogens with zero attached hydrogens (tertiary/aromatic N) is 2. The second-order valence-electron chi connectivity index (χ2n) is 2.44. The van der Waals surface area contributed by atoms with Crippen LogP contribution in [0, 0.1) is 0 Å². The van der Waals surface area contributed by atoms with E-state index >= 15 is 0 Å². The van der Waals surface area contributed by atoms with Gasteiger partial charge in [0.1, 0.15) is 0 Å². The van der Waals surface area contributed by atoms with Crippen LogP contribution < -0.4 is 0 Å². The predicted octanol–water partition coefficient (Wildman–Crippen LogP) is 1.24. The van der Waals surface area contributed by atoms with Gasteiger partial charge in [-0.1, -0.05) is 6.07 Å². The smallest absolute Gasteiger partial charge is 0.170 e. The van der Waals surface area contributed by atoms with Crippen molar-refractivity contribution in [3.63, 3.8) is 0 Å². The molecule has 0 aliphatic carbocycles. The lowest BCUT2D eigenvalue weighted by Crippen LogP contribution is -1.91. The number of ketones is 1. The molecule has 0 aliphatic rings. The van der Waals surface area contributed by atoms with Crippen molar-refractivity contribution in [3.8, 4) is 0 Å². The fourth-order valence-electron chi connectivity index (χ4n) is 0.771. The van der Waals surface area contributed by atoms with Gasteiger partial charge in [-0.2, -0.15) is 0 Å². The van der Waals surface area contributed by atoms with Gasteiger partial charge >= 0.3 is 0 Å². The van der Waals surface area contributed by atoms with E-state index in [9.17, 15) is 4.79 Å². The van der Waals surface area contributed by atoms with Crippen LogP contribution in [0.3, 0.4) is 0 Å². The van der Waals surface area contributed by atoms with E-state index in [-0.39, 0.29) is 5.78 Å². The average Bonchev–Trinajstić information content (AvgIpc) is 2.05. The van der Waals surface area contributed by atoms with Crippen molar-refractivity contribution in [2.24, 2.45) is 4.99 Å². The second-order valence-corrected chi connectivity index (χ2v) is 2.44. The number of aromatic nitrogens is 1. The molecule has 0 bridgehead atoms. The molecule has 0 atom stereocenters. The highest BCUT2D eigenvalue weighted by Crippen LogP contribution is 1.96. The van der Waals surface area contributed by atoms with E-state index in [2.05, 4.69) is 9.98 Å². The fourth-order valence-corrected chi connectivity index (χ4v) is 0.771. The van der Waals surface area contributed by atoms with E-state index in [1.165, 1.54) is 13.1 Å². The Balaban J connectivity index is 2.49. The molecule has 12 heavy (non-hydrogen) atoms. The van der Waals surface area contributed by atoms with Crippen LogP contribution in [0.2, 0.25) is 0 Å². The average molecular weight is 162 g/mol. The van der Waals surface area contributed by atoms with Crippen molar-refractivity contribution in [2.45, 2.75) is 13.5 Å². The van der Waals surface area contributed by atoms with E-state index in [4.69, 9.17) is 0 Å². The molecular weight excluding hydrogens is 152 g/mol. The lowest BCUT2D eigenvalue weighted by Gasteiger charge is -1.91. The van der Waals surface area contributed by atoms with Crippen LogP contribution in [0.5, 0.6) is 0 Å². The van der Waals surface area contributed by atoms with E-state index in [1.54, 1.807) is 12.4 Å². The molecule has 62 valence electrons. The van der Waals surface area contributed by atoms with Crippen molar-refractivity contribution in [2.75, 3.05) is 0 Å². The van der Waals surface area contributed by atoms with Gasteiger partial charge in [0, 0.05) is 19.3 Å². The number of Topliss-reactive ketones (excluding diaryl/α,β-unsaturated/α-hetero) is 1. The first-order valence-electron chi connectivity index (χ1n) is 3.68. The van der Waals surface area contributed by atoms with Crippen LogP contribution in [0.25, 0.3) is 0 Å². The van der Waals surface area contributed by atoms with Crippen molar-refractivity contribution < 1.29 is 4.79 Å². The van der Waals surface area contributed by atoms with Gasteiger partial charge in [0.2, 0.25) is 0 Å². The van der Waals surface area contributed by atoms with Crippen molar-refractivity contribution in [1.29, 1.82) is 0 Å². The SMILES string of the molecule is CC(=O)C=NCc1cccnc1. The van der Waals surface area contributed by atoms with Crippen LogP contribution in [0.15, 0.2) is 29.5 Å². The summed E-state index contributed by atoms with van der Waals surface area (Å²) in [4.78, 5) is 18.3. The summed E-state index contributed by atoms with van der Waals surface area (Å²) in [6.07, 6.45) is 4.77. The molecule has 0 amide bonds. The highest BCUT2D eigenvalue weighted by Gasteiger charge is 1.87. The Bertz CT molecular complexity index is 280. The van der Waals surface area contributed by atoms with Crippen LogP contribution in [-0.4, -0.2) is 17.0 Å². The molecule has 0 radical (unpaired) electrons. The maximum atomic E-state index is 10.5. The molecule has 3 heteroatoms. The number of hydrogen-bond donors (Lipinski definition) is 0. The Hall–Kier alpha value is -1.51. The molecule has 0 saturated heterocycles. The molecular formula is C9H10N2O. The Morgan fingerprint density at radius 1 is 1.75 bits per heavy atom. The molecule has 1 heterocycles. The van der Waals surface area contributed by atoms with E-state index < -0.39 is 0 Å². The first-order valence-corrected chi connectivity index (χ1v) is 3.68. The van der Waals surface area contributed by atoms with Crippen LogP contribution in [0.1, 0.15) is 12.5 Å². The first kappa shape index (κ1) is 8.59. The molecule has 0 fully saturated rings. The zero-order valence-corrected chi connectivity index (χ0v) is 6.90. The van der Waals surface area contributed by atoms with E-state index in [0.717, 1.165) is 5.56 Å². The summed E-state index contributed by atoms with van der Waals surface area (Å²) in [6, 6.07) is 3.77. The Labute approximate surface area is 71.2 Å². The zero-order valence-electron chi connectivity index (χ0n) is 6.90. The van der Waals surface area contributed by atoms with Gasteiger partial charge in [-0.3, -0.25) is 14.8 Å². The Kier molecular flexibility index (Phi) is 3.14. The lowest BCUT2D eigenvalue weighted by atomic mass is 10.3.